The van der Waals surface area contributed by atoms with Crippen LogP contribution in [0.5, 0.6) is 0 Å². The first-order valence-electron chi connectivity index (χ1n) is 3.56. The molecule has 56 valence electrons. The van der Waals surface area contributed by atoms with Gasteiger partial charge in [0.15, 0.2) is 0 Å². The number of carbonyl (C=O) groups is 1. The number of hydrogen-bond acceptors (Lipinski definition) is 2. The molecule has 2 heteroatoms. The number of rotatable bonds is 3. The third-order valence-corrected chi connectivity index (χ3v) is 1.73. The molecule has 0 radical (unpaired) electrons. The fourth-order valence-electron chi connectivity index (χ4n) is 1.10. The van der Waals surface area contributed by atoms with Gasteiger partial charge in [0, 0.05) is 18.9 Å². The first kappa shape index (κ1) is 7.48. The minimum atomic E-state index is 0.151. The van der Waals surface area contributed by atoms with Crippen molar-refractivity contribution in [1.29, 1.82) is 0 Å². The molecule has 1 fully saturated rings. The Kier molecular flexibility index (Phi) is 2.63. The summed E-state index contributed by atoms with van der Waals surface area (Å²) in [7, 11) is 0. The average Bonchev–Trinajstić information content (AvgIpc) is 2.38. The molecular formula is C8H12O2. The Balaban J connectivity index is 2.32. The fourth-order valence-corrected chi connectivity index (χ4v) is 1.10. The second-order valence-electron chi connectivity index (χ2n) is 2.52. The summed E-state index contributed by atoms with van der Waals surface area (Å²) in [6.45, 7) is 4.87. The second-order valence-corrected chi connectivity index (χ2v) is 2.52. The molecule has 0 bridgehead atoms. The van der Waals surface area contributed by atoms with Crippen LogP contribution in [0.2, 0.25) is 0 Å². The first-order chi connectivity index (χ1) is 4.84. The van der Waals surface area contributed by atoms with Gasteiger partial charge in [-0.2, -0.15) is 0 Å². The average molecular weight is 140 g/mol. The van der Waals surface area contributed by atoms with Gasteiger partial charge in [-0.25, -0.2) is 0 Å². The van der Waals surface area contributed by atoms with E-state index in [1.807, 2.05) is 0 Å². The van der Waals surface area contributed by atoms with Crippen LogP contribution in [0.4, 0.5) is 0 Å². The molecular weight excluding hydrogens is 128 g/mol. The van der Waals surface area contributed by atoms with Crippen LogP contribution in [0.25, 0.3) is 0 Å². The van der Waals surface area contributed by atoms with Crippen LogP contribution < -0.4 is 0 Å². The number of hydrogen-bond donors (Lipinski definition) is 0. The highest BCUT2D eigenvalue weighted by Crippen LogP contribution is 2.14. The van der Waals surface area contributed by atoms with Crippen molar-refractivity contribution in [2.45, 2.75) is 12.8 Å². The zero-order chi connectivity index (χ0) is 7.40. The zero-order valence-electron chi connectivity index (χ0n) is 6.01. The summed E-state index contributed by atoms with van der Waals surface area (Å²) in [6, 6.07) is 0. The van der Waals surface area contributed by atoms with Gasteiger partial charge in [0.05, 0.1) is 6.61 Å². The third kappa shape index (κ3) is 1.67. The maximum atomic E-state index is 11.1. The van der Waals surface area contributed by atoms with Gasteiger partial charge in [-0.3, -0.25) is 4.79 Å². The fraction of sp³-hybridized carbons (Fsp3) is 0.625. The van der Waals surface area contributed by atoms with Crippen molar-refractivity contribution in [3.05, 3.63) is 12.7 Å². The zero-order valence-corrected chi connectivity index (χ0v) is 6.01. The summed E-state index contributed by atoms with van der Waals surface area (Å²) < 4.78 is 5.07. The smallest absolute Gasteiger partial charge is 0.142 e. The third-order valence-electron chi connectivity index (χ3n) is 1.73. The maximum absolute atomic E-state index is 11.1. The highest BCUT2D eigenvalue weighted by atomic mass is 16.5. The summed E-state index contributed by atoms with van der Waals surface area (Å²) in [5.41, 5.74) is 0. The van der Waals surface area contributed by atoms with Crippen molar-refractivity contribution >= 4 is 5.78 Å². The van der Waals surface area contributed by atoms with Crippen LogP contribution in [-0.4, -0.2) is 19.0 Å². The minimum absolute atomic E-state index is 0.151. The quantitative estimate of drug-likeness (QED) is 0.550. The highest BCUT2D eigenvalue weighted by Gasteiger charge is 2.21. The monoisotopic (exact) mass is 140 g/mol. The molecule has 1 atom stereocenters. The molecule has 1 rings (SSSR count). The van der Waals surface area contributed by atoms with Gasteiger partial charge in [0.25, 0.3) is 0 Å². The Morgan fingerprint density at radius 2 is 2.60 bits per heavy atom. The summed E-state index contributed by atoms with van der Waals surface area (Å²) in [5.74, 6) is 0.422. The van der Waals surface area contributed by atoms with Crippen LogP contribution in [-0.2, 0) is 9.53 Å². The van der Waals surface area contributed by atoms with E-state index in [-0.39, 0.29) is 11.7 Å². The molecule has 1 aliphatic rings. The van der Waals surface area contributed by atoms with Gasteiger partial charge in [-0.05, 0) is 6.42 Å². The van der Waals surface area contributed by atoms with Gasteiger partial charge in [0.2, 0.25) is 0 Å². The SMILES string of the molecule is C=CCC(=O)C1CCOC1. The van der Waals surface area contributed by atoms with E-state index in [1.165, 1.54) is 0 Å². The van der Waals surface area contributed by atoms with Crippen molar-refractivity contribution in [2.75, 3.05) is 13.2 Å². The molecule has 0 aromatic carbocycles. The molecule has 0 spiro atoms. The van der Waals surface area contributed by atoms with E-state index in [0.717, 1.165) is 13.0 Å². The van der Waals surface area contributed by atoms with Gasteiger partial charge in [-0.1, -0.05) is 6.08 Å². The van der Waals surface area contributed by atoms with E-state index in [2.05, 4.69) is 6.58 Å². The number of ether oxygens (including phenoxy) is 1. The van der Waals surface area contributed by atoms with Gasteiger partial charge >= 0.3 is 0 Å². The molecule has 0 aromatic rings. The minimum Gasteiger partial charge on any atom is -0.381 e. The van der Waals surface area contributed by atoms with Crippen LogP contribution in [0.15, 0.2) is 12.7 Å². The van der Waals surface area contributed by atoms with Crippen molar-refractivity contribution < 1.29 is 9.53 Å². The number of ketones is 1. The van der Waals surface area contributed by atoms with Crippen molar-refractivity contribution in [1.82, 2.24) is 0 Å². The molecule has 2 nitrogen and oxygen atoms in total. The number of allylic oxidation sites excluding steroid dienone is 1. The standard InChI is InChI=1S/C8H12O2/c1-2-3-8(9)7-4-5-10-6-7/h2,7H,1,3-6H2. The van der Waals surface area contributed by atoms with E-state index in [9.17, 15) is 4.79 Å². The summed E-state index contributed by atoms with van der Waals surface area (Å²) in [4.78, 5) is 11.1. The molecule has 1 aliphatic heterocycles. The molecule has 0 N–H and O–H groups in total. The van der Waals surface area contributed by atoms with Crippen molar-refractivity contribution in [3.8, 4) is 0 Å². The van der Waals surface area contributed by atoms with Crippen LogP contribution in [0.3, 0.4) is 0 Å². The number of carbonyl (C=O) groups excluding carboxylic acids is 1. The molecule has 0 saturated carbocycles. The molecule has 10 heavy (non-hydrogen) atoms. The normalized spacial score (nSPS) is 24.6. The molecule has 0 aliphatic carbocycles. The lowest BCUT2D eigenvalue weighted by Gasteiger charge is -2.01. The first-order valence-corrected chi connectivity index (χ1v) is 3.56. The van der Waals surface area contributed by atoms with Crippen LogP contribution >= 0.6 is 0 Å². The Labute approximate surface area is 60.9 Å². The lowest BCUT2D eigenvalue weighted by molar-refractivity contribution is -0.121. The largest absolute Gasteiger partial charge is 0.381 e. The second kappa shape index (κ2) is 3.52. The number of Topliss-reactive ketones (excluding diaryl/α,β-unsaturated/α-hetero) is 1. The molecule has 1 heterocycles. The maximum Gasteiger partial charge on any atom is 0.142 e. The Hall–Kier alpha value is -0.630. The summed E-state index contributed by atoms with van der Waals surface area (Å²) >= 11 is 0. The Morgan fingerprint density at radius 3 is 3.10 bits per heavy atom. The Bertz CT molecular complexity index is 134. The lowest BCUT2D eigenvalue weighted by atomic mass is 10.0. The summed E-state index contributed by atoms with van der Waals surface area (Å²) in [6.07, 6.45) is 3.04. The van der Waals surface area contributed by atoms with Gasteiger partial charge < -0.3 is 4.74 Å². The lowest BCUT2D eigenvalue weighted by Crippen LogP contribution is -2.12. The molecule has 0 amide bonds. The van der Waals surface area contributed by atoms with E-state index >= 15 is 0 Å². The molecule has 1 unspecified atom stereocenters. The summed E-state index contributed by atoms with van der Waals surface area (Å²) in [5, 5.41) is 0. The topological polar surface area (TPSA) is 26.3 Å². The van der Waals surface area contributed by atoms with Gasteiger partial charge in [-0.15, -0.1) is 6.58 Å². The van der Waals surface area contributed by atoms with E-state index < -0.39 is 0 Å². The molecule has 1 saturated heterocycles. The van der Waals surface area contributed by atoms with E-state index in [4.69, 9.17) is 4.74 Å². The van der Waals surface area contributed by atoms with E-state index in [1.54, 1.807) is 6.08 Å². The van der Waals surface area contributed by atoms with E-state index in [0.29, 0.717) is 13.0 Å². The predicted molar refractivity (Wildman–Crippen MR) is 38.7 cm³/mol. The van der Waals surface area contributed by atoms with Crippen molar-refractivity contribution in [3.63, 3.8) is 0 Å². The molecule has 0 aromatic heterocycles. The highest BCUT2D eigenvalue weighted by molar-refractivity contribution is 5.82. The van der Waals surface area contributed by atoms with Crippen molar-refractivity contribution in [2.24, 2.45) is 5.92 Å². The predicted octanol–water partition coefficient (Wildman–Crippen LogP) is 1.17. The Morgan fingerprint density at radius 1 is 1.80 bits per heavy atom. The van der Waals surface area contributed by atoms with Crippen LogP contribution in [0, 0.1) is 5.92 Å². The van der Waals surface area contributed by atoms with Gasteiger partial charge in [0.1, 0.15) is 5.78 Å². The van der Waals surface area contributed by atoms with Crippen LogP contribution in [0.1, 0.15) is 12.8 Å².